The van der Waals surface area contributed by atoms with E-state index < -0.39 is 5.79 Å². The molecule has 0 radical (unpaired) electrons. The maximum absolute atomic E-state index is 5.48. The largest absolute Gasteiger partial charge is 0.360 e. The van der Waals surface area contributed by atoms with Crippen molar-refractivity contribution in [2.75, 3.05) is 0 Å². The first-order valence-electron chi connectivity index (χ1n) is 2.40. The van der Waals surface area contributed by atoms with Gasteiger partial charge in [-0.25, -0.2) is 0 Å². The molecular formula is C4H10N4. The standard InChI is InChI=1S/C4H10N4/c1-2-7-4(6)3(5)8-4/h2-3,7-8H,1,5-6H2/t3-,4?/m1/s1. The number of nitrogens with two attached hydrogens (primary N) is 2. The van der Waals surface area contributed by atoms with Gasteiger partial charge in [0.05, 0.1) is 0 Å². The summed E-state index contributed by atoms with van der Waals surface area (Å²) < 4.78 is 0. The highest BCUT2D eigenvalue weighted by Gasteiger charge is 2.47. The molecule has 0 aliphatic carbocycles. The van der Waals surface area contributed by atoms with Crippen molar-refractivity contribution >= 4 is 0 Å². The fourth-order valence-electron chi connectivity index (χ4n) is 0.516. The molecule has 1 saturated heterocycles. The Hall–Kier alpha value is -0.580. The Labute approximate surface area is 47.9 Å². The normalized spacial score (nSPS) is 43.5. The molecule has 1 unspecified atom stereocenters. The van der Waals surface area contributed by atoms with Crippen molar-refractivity contribution in [3.8, 4) is 0 Å². The van der Waals surface area contributed by atoms with E-state index in [1.807, 2.05) is 0 Å². The molecular weight excluding hydrogens is 104 g/mol. The van der Waals surface area contributed by atoms with Crippen LogP contribution in [0.5, 0.6) is 0 Å². The summed E-state index contributed by atoms with van der Waals surface area (Å²) >= 11 is 0. The highest BCUT2D eigenvalue weighted by atomic mass is 15.5. The van der Waals surface area contributed by atoms with Crippen LogP contribution >= 0.6 is 0 Å². The average molecular weight is 114 g/mol. The number of hydrogen-bond acceptors (Lipinski definition) is 4. The van der Waals surface area contributed by atoms with E-state index in [0.29, 0.717) is 0 Å². The van der Waals surface area contributed by atoms with Gasteiger partial charge < -0.3 is 11.1 Å². The van der Waals surface area contributed by atoms with E-state index in [4.69, 9.17) is 11.5 Å². The first-order chi connectivity index (χ1) is 3.69. The van der Waals surface area contributed by atoms with Gasteiger partial charge in [0.1, 0.15) is 6.17 Å². The molecule has 0 bridgehead atoms. The second-order valence-corrected chi connectivity index (χ2v) is 1.84. The number of hydrogen-bond donors (Lipinski definition) is 4. The van der Waals surface area contributed by atoms with Gasteiger partial charge in [0.2, 0.25) is 0 Å². The zero-order valence-electron chi connectivity index (χ0n) is 4.52. The molecule has 46 valence electrons. The zero-order chi connectivity index (χ0) is 6.20. The van der Waals surface area contributed by atoms with E-state index in [1.165, 1.54) is 6.20 Å². The topological polar surface area (TPSA) is 86.0 Å². The van der Waals surface area contributed by atoms with Crippen LogP contribution in [-0.4, -0.2) is 12.0 Å². The molecule has 1 rings (SSSR count). The van der Waals surface area contributed by atoms with E-state index in [1.54, 1.807) is 0 Å². The first kappa shape index (κ1) is 5.55. The van der Waals surface area contributed by atoms with Crippen LogP contribution in [-0.2, 0) is 0 Å². The minimum atomic E-state index is -0.582. The third kappa shape index (κ3) is 0.686. The van der Waals surface area contributed by atoms with Gasteiger partial charge in [-0.05, 0) is 6.20 Å². The molecule has 8 heavy (non-hydrogen) atoms. The Balaban J connectivity index is 2.35. The summed E-state index contributed by atoms with van der Waals surface area (Å²) in [7, 11) is 0. The van der Waals surface area contributed by atoms with Gasteiger partial charge in [-0.3, -0.25) is 11.1 Å². The van der Waals surface area contributed by atoms with E-state index >= 15 is 0 Å². The van der Waals surface area contributed by atoms with Crippen LogP contribution in [0.2, 0.25) is 0 Å². The monoisotopic (exact) mass is 114 g/mol. The van der Waals surface area contributed by atoms with Gasteiger partial charge >= 0.3 is 0 Å². The first-order valence-corrected chi connectivity index (χ1v) is 2.40. The Morgan fingerprint density at radius 3 is 2.50 bits per heavy atom. The maximum atomic E-state index is 5.48. The van der Waals surface area contributed by atoms with Gasteiger partial charge in [0, 0.05) is 0 Å². The van der Waals surface area contributed by atoms with Crippen molar-refractivity contribution in [1.29, 1.82) is 0 Å². The molecule has 4 nitrogen and oxygen atoms in total. The molecule has 4 heteroatoms. The lowest BCUT2D eigenvalue weighted by atomic mass is 10.5. The molecule has 2 atom stereocenters. The lowest BCUT2D eigenvalue weighted by molar-refractivity contribution is 0.568. The number of nitrogens with one attached hydrogen (secondary N) is 2. The SMILES string of the molecule is C=CNC1(N)N[C@H]1N. The quantitative estimate of drug-likeness (QED) is 0.252. The summed E-state index contributed by atoms with van der Waals surface area (Å²) in [6.45, 7) is 3.43. The van der Waals surface area contributed by atoms with Gasteiger partial charge in [0.25, 0.3) is 0 Å². The van der Waals surface area contributed by atoms with Crippen LogP contribution in [0, 0.1) is 0 Å². The predicted octanol–water partition coefficient (Wildman–Crippen LogP) is -1.78. The summed E-state index contributed by atoms with van der Waals surface area (Å²) in [6, 6.07) is 0. The molecule has 0 aromatic heterocycles. The van der Waals surface area contributed by atoms with Crippen molar-refractivity contribution in [2.24, 2.45) is 11.5 Å². The lowest BCUT2D eigenvalue weighted by Crippen LogP contribution is -2.44. The Morgan fingerprint density at radius 2 is 2.38 bits per heavy atom. The molecule has 1 aliphatic heterocycles. The third-order valence-corrected chi connectivity index (χ3v) is 1.14. The average Bonchev–Trinajstić information content (AvgIpc) is 2.16. The second kappa shape index (κ2) is 1.45. The lowest BCUT2D eigenvalue weighted by Gasteiger charge is -2.04. The highest BCUT2D eigenvalue weighted by molar-refractivity contribution is 5.05. The van der Waals surface area contributed by atoms with E-state index in [9.17, 15) is 0 Å². The third-order valence-electron chi connectivity index (χ3n) is 1.14. The van der Waals surface area contributed by atoms with E-state index in [2.05, 4.69) is 17.2 Å². The fourth-order valence-corrected chi connectivity index (χ4v) is 0.516. The smallest absolute Gasteiger partial charge is 0.171 e. The maximum Gasteiger partial charge on any atom is 0.171 e. The Kier molecular flexibility index (Phi) is 1.00. The van der Waals surface area contributed by atoms with Gasteiger partial charge in [-0.15, -0.1) is 0 Å². The van der Waals surface area contributed by atoms with Crippen LogP contribution in [0.25, 0.3) is 0 Å². The van der Waals surface area contributed by atoms with Crippen LogP contribution in [0.4, 0.5) is 0 Å². The summed E-state index contributed by atoms with van der Waals surface area (Å²) in [6.07, 6.45) is 1.38. The van der Waals surface area contributed by atoms with Crippen molar-refractivity contribution in [1.82, 2.24) is 10.6 Å². The fraction of sp³-hybridized carbons (Fsp3) is 0.500. The summed E-state index contributed by atoms with van der Waals surface area (Å²) in [5.74, 6) is -0.582. The predicted molar refractivity (Wildman–Crippen MR) is 31.4 cm³/mol. The van der Waals surface area contributed by atoms with Crippen molar-refractivity contribution in [2.45, 2.75) is 12.0 Å². The molecule has 0 aromatic carbocycles. The molecule has 1 heterocycles. The molecule has 1 fully saturated rings. The van der Waals surface area contributed by atoms with Crippen LogP contribution < -0.4 is 22.1 Å². The molecule has 0 aromatic rings. The van der Waals surface area contributed by atoms with Crippen molar-refractivity contribution in [3.05, 3.63) is 12.8 Å². The Morgan fingerprint density at radius 1 is 1.88 bits per heavy atom. The molecule has 0 spiro atoms. The van der Waals surface area contributed by atoms with Crippen molar-refractivity contribution < 1.29 is 0 Å². The van der Waals surface area contributed by atoms with Crippen LogP contribution in [0.1, 0.15) is 0 Å². The van der Waals surface area contributed by atoms with E-state index in [-0.39, 0.29) is 6.17 Å². The van der Waals surface area contributed by atoms with Crippen molar-refractivity contribution in [3.63, 3.8) is 0 Å². The summed E-state index contributed by atoms with van der Waals surface area (Å²) in [5.41, 5.74) is 10.8. The summed E-state index contributed by atoms with van der Waals surface area (Å²) in [5, 5.41) is 5.53. The Bertz CT molecular complexity index is 113. The molecule has 6 N–H and O–H groups in total. The molecule has 0 amide bonds. The zero-order valence-corrected chi connectivity index (χ0v) is 4.52. The molecule has 1 aliphatic rings. The van der Waals surface area contributed by atoms with Crippen LogP contribution in [0.15, 0.2) is 12.8 Å². The highest BCUT2D eigenvalue weighted by Crippen LogP contribution is 2.08. The number of rotatable bonds is 2. The van der Waals surface area contributed by atoms with Gasteiger partial charge in [-0.2, -0.15) is 0 Å². The second-order valence-electron chi connectivity index (χ2n) is 1.84. The van der Waals surface area contributed by atoms with Crippen LogP contribution in [0.3, 0.4) is 0 Å². The van der Waals surface area contributed by atoms with E-state index in [0.717, 1.165) is 0 Å². The van der Waals surface area contributed by atoms with Gasteiger partial charge in [0.15, 0.2) is 5.79 Å². The minimum Gasteiger partial charge on any atom is -0.360 e. The minimum absolute atomic E-state index is 0.138. The van der Waals surface area contributed by atoms with Gasteiger partial charge in [-0.1, -0.05) is 6.58 Å². The summed E-state index contributed by atoms with van der Waals surface area (Å²) in [4.78, 5) is 0. The molecule has 0 saturated carbocycles.